The first kappa shape index (κ1) is 15.4. The van der Waals surface area contributed by atoms with E-state index in [9.17, 15) is 18.5 Å². The zero-order valence-electron chi connectivity index (χ0n) is 10.3. The Morgan fingerprint density at radius 3 is 2.21 bits per heavy atom. The fraction of sp³-hybridized carbons (Fsp3) is 0.167. The molecule has 1 rings (SSSR count). The monoisotopic (exact) mass is 301 g/mol. The normalized spacial score (nSPS) is 13.4. The predicted molar refractivity (Wildman–Crippen MR) is 73.1 cm³/mol. The summed E-state index contributed by atoms with van der Waals surface area (Å²) < 4.78 is 24.1. The van der Waals surface area contributed by atoms with Crippen molar-refractivity contribution in [3.8, 4) is 0 Å². The van der Waals surface area contributed by atoms with Crippen LogP contribution in [0.3, 0.4) is 0 Å². The molecule has 0 spiro atoms. The Labute approximate surface area is 116 Å². The minimum atomic E-state index is -3.64. The van der Waals surface area contributed by atoms with Gasteiger partial charge >= 0.3 is 0 Å². The molecule has 102 valence electrons. The van der Waals surface area contributed by atoms with Gasteiger partial charge in [0.2, 0.25) is 6.20 Å². The van der Waals surface area contributed by atoms with E-state index in [0.29, 0.717) is 10.6 Å². The van der Waals surface area contributed by atoms with E-state index in [1.807, 2.05) is 0 Å². The standard InChI is InChI=1S/C12H12ClNO4S/c1-9(7-14(15)16)10(2)8-19(17,18)12-5-3-11(13)4-6-12/h3-8H,1-2H3/b9-7+,10-8+. The van der Waals surface area contributed by atoms with Crippen LogP contribution >= 0.6 is 11.6 Å². The van der Waals surface area contributed by atoms with Gasteiger partial charge in [0.25, 0.3) is 0 Å². The minimum absolute atomic E-state index is 0.0881. The second-order valence-electron chi connectivity index (χ2n) is 3.90. The lowest BCUT2D eigenvalue weighted by Crippen LogP contribution is -1.98. The van der Waals surface area contributed by atoms with E-state index in [-0.39, 0.29) is 10.5 Å². The number of hydrogen-bond acceptors (Lipinski definition) is 4. The van der Waals surface area contributed by atoms with Crippen molar-refractivity contribution >= 4 is 21.4 Å². The number of sulfone groups is 1. The zero-order chi connectivity index (χ0) is 14.6. The molecule has 0 amide bonds. The number of benzene rings is 1. The molecule has 1 aromatic carbocycles. The van der Waals surface area contributed by atoms with Crippen molar-refractivity contribution in [2.75, 3.05) is 0 Å². The van der Waals surface area contributed by atoms with E-state index in [4.69, 9.17) is 11.6 Å². The fourth-order valence-corrected chi connectivity index (χ4v) is 2.71. The zero-order valence-corrected chi connectivity index (χ0v) is 11.9. The van der Waals surface area contributed by atoms with Gasteiger partial charge in [-0.05, 0) is 43.7 Å². The average Bonchev–Trinajstić information content (AvgIpc) is 2.27. The van der Waals surface area contributed by atoms with Crippen molar-refractivity contribution in [2.24, 2.45) is 0 Å². The topological polar surface area (TPSA) is 77.3 Å². The smallest absolute Gasteiger partial charge is 0.237 e. The Balaban J connectivity index is 3.15. The van der Waals surface area contributed by atoms with Crippen molar-refractivity contribution in [2.45, 2.75) is 18.7 Å². The fourth-order valence-electron chi connectivity index (χ4n) is 1.28. The number of nitrogens with zero attached hydrogens (tertiary/aromatic N) is 1. The number of allylic oxidation sites excluding steroid dienone is 2. The lowest BCUT2D eigenvalue weighted by atomic mass is 10.2. The van der Waals surface area contributed by atoms with Crippen LogP contribution in [0.4, 0.5) is 0 Å². The van der Waals surface area contributed by atoms with Crippen molar-refractivity contribution in [1.29, 1.82) is 0 Å². The lowest BCUT2D eigenvalue weighted by Gasteiger charge is -2.02. The molecule has 0 aliphatic rings. The Hall–Kier alpha value is -1.66. The predicted octanol–water partition coefficient (Wildman–Crippen LogP) is 3.20. The third-order valence-electron chi connectivity index (χ3n) is 2.40. The van der Waals surface area contributed by atoms with Crippen LogP contribution < -0.4 is 0 Å². The van der Waals surface area contributed by atoms with Crippen LogP contribution in [0.2, 0.25) is 5.02 Å². The van der Waals surface area contributed by atoms with Crippen LogP contribution in [-0.2, 0) is 9.84 Å². The summed E-state index contributed by atoms with van der Waals surface area (Å²) >= 11 is 5.68. The van der Waals surface area contributed by atoms with Gasteiger partial charge in [0, 0.05) is 16.0 Å². The van der Waals surface area contributed by atoms with E-state index < -0.39 is 14.8 Å². The molecule has 0 saturated heterocycles. The van der Waals surface area contributed by atoms with Gasteiger partial charge in [-0.25, -0.2) is 8.42 Å². The van der Waals surface area contributed by atoms with Crippen molar-refractivity contribution < 1.29 is 13.3 Å². The molecule has 0 fully saturated rings. The largest absolute Gasteiger partial charge is 0.259 e. The van der Waals surface area contributed by atoms with E-state index in [2.05, 4.69) is 0 Å². The second kappa shape index (κ2) is 5.99. The molecule has 19 heavy (non-hydrogen) atoms. The highest BCUT2D eigenvalue weighted by molar-refractivity contribution is 7.94. The summed E-state index contributed by atoms with van der Waals surface area (Å²) in [5, 5.41) is 11.8. The second-order valence-corrected chi connectivity index (χ2v) is 6.13. The minimum Gasteiger partial charge on any atom is -0.259 e. The molecule has 0 aliphatic carbocycles. The van der Waals surface area contributed by atoms with Gasteiger partial charge in [0.05, 0.1) is 9.82 Å². The van der Waals surface area contributed by atoms with Crippen molar-refractivity contribution in [3.63, 3.8) is 0 Å². The number of nitro groups is 1. The Bertz CT molecular complexity index is 645. The lowest BCUT2D eigenvalue weighted by molar-refractivity contribution is -0.403. The van der Waals surface area contributed by atoms with Gasteiger partial charge in [0.15, 0.2) is 9.84 Å². The number of hydrogen-bond donors (Lipinski definition) is 0. The summed E-state index contributed by atoms with van der Waals surface area (Å²) in [6, 6.07) is 5.71. The van der Waals surface area contributed by atoms with E-state index in [1.54, 1.807) is 0 Å². The third-order valence-corrected chi connectivity index (χ3v) is 4.24. The van der Waals surface area contributed by atoms with Gasteiger partial charge in [-0.1, -0.05) is 11.6 Å². The quantitative estimate of drug-likeness (QED) is 0.486. The Morgan fingerprint density at radius 2 is 1.74 bits per heavy atom. The summed E-state index contributed by atoms with van der Waals surface area (Å²) in [6.07, 6.45) is 0.767. The van der Waals surface area contributed by atoms with E-state index >= 15 is 0 Å². The molecule has 0 bridgehead atoms. The van der Waals surface area contributed by atoms with Gasteiger partial charge in [0.1, 0.15) is 0 Å². The third kappa shape index (κ3) is 4.50. The molecule has 0 radical (unpaired) electrons. The SMILES string of the molecule is CC(=C\[N+](=O)[O-])/C(C)=C/S(=O)(=O)c1ccc(Cl)cc1. The summed E-state index contributed by atoms with van der Waals surface area (Å²) in [6.45, 7) is 2.98. The molecule has 0 aromatic heterocycles. The van der Waals surface area contributed by atoms with Crippen molar-refractivity contribution in [3.05, 3.63) is 62.2 Å². The summed E-state index contributed by atoms with van der Waals surface area (Å²) in [7, 11) is -3.64. The highest BCUT2D eigenvalue weighted by Gasteiger charge is 2.12. The number of rotatable bonds is 4. The first-order valence-electron chi connectivity index (χ1n) is 5.23. The van der Waals surface area contributed by atoms with Crippen LogP contribution in [0.1, 0.15) is 13.8 Å². The highest BCUT2D eigenvalue weighted by atomic mass is 35.5. The molecule has 0 unspecified atom stereocenters. The summed E-state index contributed by atoms with van der Waals surface area (Å²) in [5.41, 5.74) is 0.592. The molecule has 5 nitrogen and oxygen atoms in total. The maximum absolute atomic E-state index is 12.0. The van der Waals surface area contributed by atoms with Gasteiger partial charge < -0.3 is 0 Å². The molecule has 0 atom stereocenters. The van der Waals surface area contributed by atoms with Crippen LogP contribution in [0.25, 0.3) is 0 Å². The van der Waals surface area contributed by atoms with Crippen LogP contribution in [-0.4, -0.2) is 13.3 Å². The Kier molecular flexibility index (Phi) is 4.85. The molecular weight excluding hydrogens is 290 g/mol. The molecule has 0 N–H and O–H groups in total. The molecule has 7 heteroatoms. The maximum Gasteiger partial charge on any atom is 0.237 e. The first-order valence-corrected chi connectivity index (χ1v) is 7.16. The molecule has 1 aromatic rings. The van der Waals surface area contributed by atoms with E-state index in [1.165, 1.54) is 38.1 Å². The summed E-state index contributed by atoms with van der Waals surface area (Å²) in [5.74, 6) is 0. The molecule has 0 aliphatic heterocycles. The van der Waals surface area contributed by atoms with Crippen LogP contribution in [0.15, 0.2) is 51.9 Å². The van der Waals surface area contributed by atoms with E-state index in [0.717, 1.165) is 11.6 Å². The van der Waals surface area contributed by atoms with Gasteiger partial charge in [-0.15, -0.1) is 0 Å². The van der Waals surface area contributed by atoms with Crippen LogP contribution in [0.5, 0.6) is 0 Å². The van der Waals surface area contributed by atoms with Crippen molar-refractivity contribution in [1.82, 2.24) is 0 Å². The highest BCUT2D eigenvalue weighted by Crippen LogP contribution is 2.19. The maximum atomic E-state index is 12.0. The number of halogens is 1. The summed E-state index contributed by atoms with van der Waals surface area (Å²) in [4.78, 5) is 9.79. The molecule has 0 heterocycles. The molecular formula is C12H12ClNO4S. The first-order chi connectivity index (χ1) is 8.72. The van der Waals surface area contributed by atoms with Crippen LogP contribution in [0, 0.1) is 10.1 Å². The van der Waals surface area contributed by atoms with Gasteiger partial charge in [-0.3, -0.25) is 10.1 Å². The molecule has 0 saturated carbocycles. The average molecular weight is 302 g/mol. The van der Waals surface area contributed by atoms with Gasteiger partial charge in [-0.2, -0.15) is 0 Å². The Morgan fingerprint density at radius 1 is 1.21 bits per heavy atom.